The molecule has 25 heavy (non-hydrogen) atoms. The van der Waals surface area contributed by atoms with E-state index in [2.05, 4.69) is 38.9 Å². The number of rotatable bonds is 4. The Morgan fingerprint density at radius 2 is 1.84 bits per heavy atom. The van der Waals surface area contributed by atoms with Gasteiger partial charge in [-0.05, 0) is 69.7 Å². The van der Waals surface area contributed by atoms with Crippen LogP contribution in [0.4, 0.5) is 5.82 Å². The van der Waals surface area contributed by atoms with E-state index in [4.69, 9.17) is 11.6 Å². The monoisotopic (exact) mass is 360 g/mol. The summed E-state index contributed by atoms with van der Waals surface area (Å²) in [6.45, 7) is 3.44. The Bertz CT molecular complexity index is 578. The molecule has 0 radical (unpaired) electrons. The second-order valence-electron chi connectivity index (χ2n) is 7.39. The Morgan fingerprint density at radius 1 is 1.08 bits per heavy atom. The van der Waals surface area contributed by atoms with E-state index in [1.807, 2.05) is 12.1 Å². The van der Waals surface area contributed by atoms with Crippen molar-refractivity contribution in [1.29, 1.82) is 0 Å². The van der Waals surface area contributed by atoms with E-state index >= 15 is 0 Å². The minimum atomic E-state index is 0.448. The van der Waals surface area contributed by atoms with Crippen LogP contribution in [-0.4, -0.2) is 47.8 Å². The van der Waals surface area contributed by atoms with Gasteiger partial charge in [-0.15, -0.1) is 16.1 Å². The van der Waals surface area contributed by atoms with Crippen molar-refractivity contribution in [3.8, 4) is 11.8 Å². The van der Waals surface area contributed by atoms with Crippen molar-refractivity contribution in [2.24, 2.45) is 5.92 Å². The summed E-state index contributed by atoms with van der Waals surface area (Å²) < 4.78 is 0. The number of hydrogen-bond acceptors (Lipinski definition) is 4. The molecule has 1 aliphatic carbocycles. The first kappa shape index (κ1) is 18.5. The van der Waals surface area contributed by atoms with Crippen LogP contribution in [0.5, 0.6) is 0 Å². The topological polar surface area (TPSA) is 32.3 Å². The summed E-state index contributed by atoms with van der Waals surface area (Å²) in [4.78, 5) is 4.75. The fraction of sp³-hybridized carbons (Fsp3) is 0.700. The first-order chi connectivity index (χ1) is 12.2. The molecule has 136 valence electrons. The van der Waals surface area contributed by atoms with Crippen LogP contribution in [0.1, 0.15) is 51.4 Å². The van der Waals surface area contributed by atoms with Gasteiger partial charge in [-0.25, -0.2) is 0 Å². The van der Waals surface area contributed by atoms with Gasteiger partial charge >= 0.3 is 0 Å². The third kappa shape index (κ3) is 5.59. The molecule has 1 aromatic heterocycles. The van der Waals surface area contributed by atoms with Gasteiger partial charge in [0.1, 0.15) is 0 Å². The van der Waals surface area contributed by atoms with Gasteiger partial charge in [0.25, 0.3) is 0 Å². The number of likely N-dealkylation sites (tertiary alicyclic amines) is 1. The molecule has 2 heterocycles. The lowest BCUT2D eigenvalue weighted by atomic mass is 9.84. The van der Waals surface area contributed by atoms with Crippen molar-refractivity contribution in [1.82, 2.24) is 15.1 Å². The van der Waals surface area contributed by atoms with Crippen LogP contribution in [0.25, 0.3) is 0 Å². The number of hydrogen-bond donors (Lipinski definition) is 0. The van der Waals surface area contributed by atoms with Crippen molar-refractivity contribution in [2.45, 2.75) is 57.4 Å². The predicted octanol–water partition coefficient (Wildman–Crippen LogP) is 4.00. The van der Waals surface area contributed by atoms with Crippen LogP contribution in [-0.2, 0) is 0 Å². The van der Waals surface area contributed by atoms with Crippen molar-refractivity contribution in [3.63, 3.8) is 0 Å². The third-order valence-electron chi connectivity index (χ3n) is 5.61. The predicted molar refractivity (Wildman–Crippen MR) is 104 cm³/mol. The Labute approximate surface area is 156 Å². The maximum atomic E-state index is 5.82. The lowest BCUT2D eigenvalue weighted by molar-refractivity contribution is 0.255. The van der Waals surface area contributed by atoms with Crippen molar-refractivity contribution in [2.75, 3.05) is 31.6 Å². The SMILES string of the molecule is CN(c1ccc(Cl)nn1)C1CCC(CC#CCN2CCCCC2)CC1. The molecule has 1 saturated heterocycles. The second kappa shape index (κ2) is 9.40. The highest BCUT2D eigenvalue weighted by Gasteiger charge is 2.24. The summed E-state index contributed by atoms with van der Waals surface area (Å²) in [6, 6.07) is 4.31. The Kier molecular flexibility index (Phi) is 6.95. The molecule has 0 spiro atoms. The van der Waals surface area contributed by atoms with E-state index in [0.717, 1.165) is 24.7 Å². The summed E-state index contributed by atoms with van der Waals surface area (Å²) in [5.74, 6) is 8.51. The van der Waals surface area contributed by atoms with Crippen molar-refractivity contribution >= 4 is 17.4 Å². The number of anilines is 1. The Balaban J connectivity index is 1.39. The molecule has 1 saturated carbocycles. The molecular weight excluding hydrogens is 332 g/mol. The van der Waals surface area contributed by atoms with Crippen LogP contribution >= 0.6 is 11.6 Å². The fourth-order valence-electron chi connectivity index (χ4n) is 3.92. The fourth-order valence-corrected chi connectivity index (χ4v) is 4.02. The number of halogens is 1. The quantitative estimate of drug-likeness (QED) is 0.759. The smallest absolute Gasteiger partial charge is 0.151 e. The number of nitrogens with zero attached hydrogens (tertiary/aromatic N) is 4. The molecule has 0 atom stereocenters. The van der Waals surface area contributed by atoms with Gasteiger partial charge in [-0.2, -0.15) is 0 Å². The third-order valence-corrected chi connectivity index (χ3v) is 5.81. The van der Waals surface area contributed by atoms with E-state index < -0.39 is 0 Å². The van der Waals surface area contributed by atoms with Crippen LogP contribution in [0, 0.1) is 17.8 Å². The Hall–Kier alpha value is -1.31. The van der Waals surface area contributed by atoms with Gasteiger partial charge in [0.15, 0.2) is 11.0 Å². The lowest BCUT2D eigenvalue weighted by Crippen LogP contribution is -2.35. The molecule has 4 nitrogen and oxygen atoms in total. The summed E-state index contributed by atoms with van der Waals surface area (Å²) in [6.07, 6.45) is 10.1. The van der Waals surface area contributed by atoms with Gasteiger partial charge < -0.3 is 4.90 Å². The molecular formula is C20H29ClN4. The summed E-state index contributed by atoms with van der Waals surface area (Å²) >= 11 is 5.82. The zero-order valence-corrected chi connectivity index (χ0v) is 16.0. The molecule has 0 bridgehead atoms. The molecule has 2 fully saturated rings. The van der Waals surface area contributed by atoms with Crippen LogP contribution < -0.4 is 4.90 Å². The number of piperidine rings is 1. The second-order valence-corrected chi connectivity index (χ2v) is 7.78. The van der Waals surface area contributed by atoms with Gasteiger partial charge in [0.2, 0.25) is 0 Å². The maximum Gasteiger partial charge on any atom is 0.151 e. The van der Waals surface area contributed by atoms with E-state index in [-0.39, 0.29) is 0 Å². The highest BCUT2D eigenvalue weighted by Crippen LogP contribution is 2.30. The zero-order chi connectivity index (χ0) is 17.5. The first-order valence-corrected chi connectivity index (χ1v) is 10.0. The van der Waals surface area contributed by atoms with Crippen LogP contribution in [0.3, 0.4) is 0 Å². The molecule has 3 rings (SSSR count). The average molecular weight is 361 g/mol. The van der Waals surface area contributed by atoms with Gasteiger partial charge in [-0.1, -0.05) is 23.9 Å². The molecule has 2 aliphatic rings. The maximum absolute atomic E-state index is 5.82. The average Bonchev–Trinajstić information content (AvgIpc) is 2.67. The molecule has 5 heteroatoms. The van der Waals surface area contributed by atoms with Gasteiger partial charge in [-0.3, -0.25) is 4.90 Å². The van der Waals surface area contributed by atoms with Crippen LogP contribution in [0.15, 0.2) is 12.1 Å². The number of aromatic nitrogens is 2. The minimum Gasteiger partial charge on any atom is -0.355 e. The highest BCUT2D eigenvalue weighted by molar-refractivity contribution is 6.29. The standard InChI is InChI=1S/C20H29ClN4/c1-24(20-13-12-19(21)22-23-20)18-10-8-17(9-11-18)7-3-6-16-25-14-4-2-5-15-25/h12-13,17-18H,2,4-5,7-11,14-16H2,1H3. The van der Waals surface area contributed by atoms with E-state index in [9.17, 15) is 0 Å². The normalized spacial score (nSPS) is 24.4. The molecule has 0 N–H and O–H groups in total. The minimum absolute atomic E-state index is 0.448. The lowest BCUT2D eigenvalue weighted by Gasteiger charge is -2.34. The largest absolute Gasteiger partial charge is 0.355 e. The van der Waals surface area contributed by atoms with Gasteiger partial charge in [0, 0.05) is 19.5 Å². The molecule has 0 amide bonds. The molecule has 1 aliphatic heterocycles. The van der Waals surface area contributed by atoms with Crippen molar-refractivity contribution < 1.29 is 0 Å². The van der Waals surface area contributed by atoms with E-state index in [1.54, 1.807) is 0 Å². The van der Waals surface area contributed by atoms with Crippen molar-refractivity contribution in [3.05, 3.63) is 17.3 Å². The molecule has 0 aromatic carbocycles. The summed E-state index contributed by atoms with van der Waals surface area (Å²) in [7, 11) is 2.11. The molecule has 1 aromatic rings. The van der Waals surface area contributed by atoms with E-state index in [0.29, 0.717) is 11.2 Å². The van der Waals surface area contributed by atoms with Crippen LogP contribution in [0.2, 0.25) is 5.15 Å². The first-order valence-electron chi connectivity index (χ1n) is 9.62. The summed E-state index contributed by atoms with van der Waals surface area (Å²) in [5, 5.41) is 8.59. The Morgan fingerprint density at radius 3 is 2.52 bits per heavy atom. The summed E-state index contributed by atoms with van der Waals surface area (Å²) in [5.41, 5.74) is 0. The highest BCUT2D eigenvalue weighted by atomic mass is 35.5. The van der Waals surface area contributed by atoms with Gasteiger partial charge in [0.05, 0.1) is 6.54 Å². The van der Waals surface area contributed by atoms with E-state index in [1.165, 1.54) is 58.0 Å². The zero-order valence-electron chi connectivity index (χ0n) is 15.3. The molecule has 0 unspecified atom stereocenters.